The van der Waals surface area contributed by atoms with E-state index in [1.807, 2.05) is 30.7 Å². The number of rotatable bonds is 7. The quantitative estimate of drug-likeness (QED) is 0.302. The fraction of sp³-hybridized carbons (Fsp3) is 0.290. The van der Waals surface area contributed by atoms with Gasteiger partial charge in [-0.25, -0.2) is 4.39 Å². The van der Waals surface area contributed by atoms with Crippen molar-refractivity contribution in [1.82, 2.24) is 14.9 Å². The van der Waals surface area contributed by atoms with Crippen LogP contribution in [0.2, 0.25) is 0 Å². The maximum Gasteiger partial charge on any atom is 0.123 e. The van der Waals surface area contributed by atoms with Crippen LogP contribution in [0.25, 0.3) is 11.1 Å². The van der Waals surface area contributed by atoms with Gasteiger partial charge in [0.1, 0.15) is 5.82 Å². The van der Waals surface area contributed by atoms with E-state index >= 15 is 0 Å². The van der Waals surface area contributed by atoms with E-state index in [1.165, 1.54) is 77.9 Å². The molecule has 178 valence electrons. The first kappa shape index (κ1) is 23.4. The molecular formula is C31H32FN3. The van der Waals surface area contributed by atoms with Gasteiger partial charge in [-0.05, 0) is 96.9 Å². The zero-order chi connectivity index (χ0) is 24.0. The van der Waals surface area contributed by atoms with Gasteiger partial charge in [0, 0.05) is 42.8 Å². The predicted octanol–water partition coefficient (Wildman–Crippen LogP) is 6.76. The second kappa shape index (κ2) is 10.9. The van der Waals surface area contributed by atoms with Crippen LogP contribution in [0, 0.1) is 12.7 Å². The lowest BCUT2D eigenvalue weighted by molar-refractivity contribution is 0.220. The first-order valence-electron chi connectivity index (χ1n) is 12.6. The number of aryl methyl sites for hydroxylation is 1. The summed E-state index contributed by atoms with van der Waals surface area (Å²) in [4.78, 5) is 11.8. The first-order valence-corrected chi connectivity index (χ1v) is 12.6. The normalized spacial score (nSPS) is 14.2. The van der Waals surface area contributed by atoms with Gasteiger partial charge in [-0.1, -0.05) is 42.8 Å². The average molecular weight is 466 g/mol. The Kier molecular flexibility index (Phi) is 7.29. The highest BCUT2D eigenvalue weighted by Gasteiger charge is 2.12. The van der Waals surface area contributed by atoms with Gasteiger partial charge >= 0.3 is 0 Å². The van der Waals surface area contributed by atoms with Crippen LogP contribution in [0.5, 0.6) is 0 Å². The van der Waals surface area contributed by atoms with Crippen molar-refractivity contribution < 1.29 is 4.39 Å². The van der Waals surface area contributed by atoms with Gasteiger partial charge in [0.25, 0.3) is 0 Å². The number of nitrogens with zero attached hydrogens (tertiary/aromatic N) is 3. The zero-order valence-electron chi connectivity index (χ0n) is 20.4. The van der Waals surface area contributed by atoms with Gasteiger partial charge in [-0.15, -0.1) is 0 Å². The molecule has 0 spiro atoms. The molecule has 1 fully saturated rings. The summed E-state index contributed by atoms with van der Waals surface area (Å²) in [6.45, 7) is 5.53. The van der Waals surface area contributed by atoms with Crippen LogP contribution < -0.4 is 0 Å². The molecule has 0 saturated carbocycles. The highest BCUT2D eigenvalue weighted by molar-refractivity contribution is 5.65. The average Bonchev–Trinajstić information content (AvgIpc) is 2.89. The molecular weight excluding hydrogens is 433 g/mol. The molecule has 0 amide bonds. The number of halogens is 1. The van der Waals surface area contributed by atoms with Crippen molar-refractivity contribution in [2.45, 2.75) is 45.6 Å². The number of benzene rings is 2. The lowest BCUT2D eigenvalue weighted by Crippen LogP contribution is -2.29. The largest absolute Gasteiger partial charge is 0.299 e. The van der Waals surface area contributed by atoms with Gasteiger partial charge in [0.15, 0.2) is 0 Å². The first-order chi connectivity index (χ1) is 17.1. The van der Waals surface area contributed by atoms with Crippen molar-refractivity contribution in [3.05, 3.63) is 119 Å². The highest BCUT2D eigenvalue weighted by atomic mass is 19.1. The Morgan fingerprint density at radius 2 is 1.54 bits per heavy atom. The summed E-state index contributed by atoms with van der Waals surface area (Å²) in [5.74, 6) is -0.209. The summed E-state index contributed by atoms with van der Waals surface area (Å²) in [6, 6.07) is 19.8. The molecule has 4 aromatic rings. The van der Waals surface area contributed by atoms with Crippen molar-refractivity contribution in [2.24, 2.45) is 0 Å². The van der Waals surface area contributed by atoms with E-state index in [1.54, 1.807) is 0 Å². The molecule has 0 radical (unpaired) electrons. The monoisotopic (exact) mass is 465 g/mol. The Bertz CT molecular complexity index is 1260. The summed E-state index contributed by atoms with van der Waals surface area (Å²) < 4.78 is 13.1. The summed E-state index contributed by atoms with van der Waals surface area (Å²) >= 11 is 0. The van der Waals surface area contributed by atoms with Gasteiger partial charge in [0.2, 0.25) is 0 Å². The van der Waals surface area contributed by atoms with Crippen LogP contribution in [0.1, 0.15) is 52.8 Å². The minimum Gasteiger partial charge on any atom is -0.299 e. The molecule has 2 aromatic carbocycles. The van der Waals surface area contributed by atoms with E-state index in [-0.39, 0.29) is 5.82 Å². The minimum atomic E-state index is -0.209. The lowest BCUT2D eigenvalue weighted by atomic mass is 9.96. The molecule has 0 aliphatic carbocycles. The predicted molar refractivity (Wildman–Crippen MR) is 140 cm³/mol. The number of likely N-dealkylation sites (tertiary alicyclic amines) is 1. The van der Waals surface area contributed by atoms with Crippen LogP contribution in [0.4, 0.5) is 4.39 Å². The standard InChI is InChI=1S/C31H32FN3/c1-23-5-9-27(29-16-26(19-33-21-29)22-35-13-3-2-4-14-35)18-28(23)15-25-8-12-31(34-20-25)17-24-6-10-30(32)11-7-24/h5-12,16,18-21H,2-4,13-15,17,22H2,1H3. The van der Waals surface area contributed by atoms with Crippen molar-refractivity contribution in [2.75, 3.05) is 13.1 Å². The molecule has 3 nitrogen and oxygen atoms in total. The summed E-state index contributed by atoms with van der Waals surface area (Å²) in [5.41, 5.74) is 9.48. The SMILES string of the molecule is Cc1ccc(-c2cncc(CN3CCCCC3)c2)cc1Cc1ccc(Cc2ccc(F)cc2)nc1. The van der Waals surface area contributed by atoms with Crippen molar-refractivity contribution in [1.29, 1.82) is 0 Å². The topological polar surface area (TPSA) is 29.0 Å². The second-order valence-corrected chi connectivity index (χ2v) is 9.70. The molecule has 0 unspecified atom stereocenters. The van der Waals surface area contributed by atoms with E-state index in [0.717, 1.165) is 24.2 Å². The number of hydrogen-bond acceptors (Lipinski definition) is 3. The number of pyridine rings is 2. The molecule has 2 aromatic heterocycles. The van der Waals surface area contributed by atoms with Gasteiger partial charge in [-0.2, -0.15) is 0 Å². The molecule has 1 saturated heterocycles. The van der Waals surface area contributed by atoms with E-state index in [4.69, 9.17) is 0 Å². The molecule has 0 bridgehead atoms. The van der Waals surface area contributed by atoms with Gasteiger partial charge in [0.05, 0.1) is 0 Å². The summed E-state index contributed by atoms with van der Waals surface area (Å²) in [7, 11) is 0. The molecule has 0 N–H and O–H groups in total. The van der Waals surface area contributed by atoms with E-state index in [0.29, 0.717) is 6.42 Å². The Labute approximate surface area is 207 Å². The number of piperidine rings is 1. The molecule has 3 heterocycles. The minimum absolute atomic E-state index is 0.209. The maximum atomic E-state index is 13.1. The smallest absolute Gasteiger partial charge is 0.123 e. The van der Waals surface area contributed by atoms with E-state index in [2.05, 4.69) is 58.2 Å². The van der Waals surface area contributed by atoms with Gasteiger partial charge in [-0.3, -0.25) is 14.9 Å². The molecule has 35 heavy (non-hydrogen) atoms. The Hall–Kier alpha value is -3.37. The molecule has 1 aliphatic heterocycles. The summed E-state index contributed by atoms with van der Waals surface area (Å²) in [5, 5.41) is 0. The van der Waals surface area contributed by atoms with Crippen molar-refractivity contribution in [3.8, 4) is 11.1 Å². The molecule has 0 atom stereocenters. The zero-order valence-corrected chi connectivity index (χ0v) is 20.4. The van der Waals surface area contributed by atoms with Crippen LogP contribution in [-0.4, -0.2) is 28.0 Å². The van der Waals surface area contributed by atoms with E-state index < -0.39 is 0 Å². The van der Waals surface area contributed by atoms with E-state index in [9.17, 15) is 4.39 Å². The van der Waals surface area contributed by atoms with Crippen LogP contribution in [-0.2, 0) is 19.4 Å². The third kappa shape index (κ3) is 6.20. The van der Waals surface area contributed by atoms with Crippen LogP contribution >= 0.6 is 0 Å². The third-order valence-electron chi connectivity index (χ3n) is 6.91. The van der Waals surface area contributed by atoms with Crippen molar-refractivity contribution >= 4 is 0 Å². The number of aromatic nitrogens is 2. The van der Waals surface area contributed by atoms with Gasteiger partial charge < -0.3 is 0 Å². The fourth-order valence-corrected chi connectivity index (χ4v) is 4.84. The lowest BCUT2D eigenvalue weighted by Gasteiger charge is -2.26. The maximum absolute atomic E-state index is 13.1. The second-order valence-electron chi connectivity index (χ2n) is 9.70. The Morgan fingerprint density at radius 1 is 0.743 bits per heavy atom. The molecule has 4 heteroatoms. The third-order valence-corrected chi connectivity index (χ3v) is 6.91. The van der Waals surface area contributed by atoms with Crippen LogP contribution in [0.15, 0.2) is 79.3 Å². The number of hydrogen-bond donors (Lipinski definition) is 0. The molecule has 1 aliphatic rings. The highest BCUT2D eigenvalue weighted by Crippen LogP contribution is 2.25. The van der Waals surface area contributed by atoms with Crippen LogP contribution in [0.3, 0.4) is 0 Å². The Morgan fingerprint density at radius 3 is 2.31 bits per heavy atom. The Balaban J connectivity index is 1.29. The molecule has 5 rings (SSSR count). The fourth-order valence-electron chi connectivity index (χ4n) is 4.84. The summed E-state index contributed by atoms with van der Waals surface area (Å²) in [6.07, 6.45) is 11.4. The van der Waals surface area contributed by atoms with Crippen molar-refractivity contribution in [3.63, 3.8) is 0 Å².